The van der Waals surface area contributed by atoms with E-state index in [1.165, 1.54) is 0 Å². The van der Waals surface area contributed by atoms with E-state index >= 15 is 0 Å². The quantitative estimate of drug-likeness (QED) is 0.527. The highest BCUT2D eigenvalue weighted by molar-refractivity contribution is 6.17. The number of hydrogen-bond donors (Lipinski definition) is 0. The highest BCUT2D eigenvalue weighted by Gasteiger charge is 2.33. The van der Waals surface area contributed by atoms with Crippen LogP contribution in [0.2, 0.25) is 0 Å². The molecule has 0 aromatic carbocycles. The number of ether oxygens (including phenoxy) is 2. The van der Waals surface area contributed by atoms with Gasteiger partial charge in [-0.3, -0.25) is 0 Å². The molecule has 0 aromatic heterocycles. The molecule has 1 rings (SSSR count). The Morgan fingerprint density at radius 2 is 2.38 bits per heavy atom. The van der Waals surface area contributed by atoms with Gasteiger partial charge in [-0.25, -0.2) is 0 Å². The van der Waals surface area contributed by atoms with Crippen molar-refractivity contribution in [2.45, 2.75) is 12.5 Å². The first kappa shape index (κ1) is 6.33. The fourth-order valence-corrected chi connectivity index (χ4v) is 0.868. The Morgan fingerprint density at radius 1 is 1.75 bits per heavy atom. The van der Waals surface area contributed by atoms with E-state index in [1.807, 2.05) is 6.92 Å². The molecule has 0 aromatic rings. The van der Waals surface area contributed by atoms with E-state index in [0.717, 1.165) is 0 Å². The van der Waals surface area contributed by atoms with Crippen molar-refractivity contribution in [1.82, 2.24) is 0 Å². The summed E-state index contributed by atoms with van der Waals surface area (Å²) < 4.78 is 10.0. The molecule has 0 N–H and O–H groups in total. The second-order valence-electron chi connectivity index (χ2n) is 2.20. The third kappa shape index (κ3) is 1.13. The summed E-state index contributed by atoms with van der Waals surface area (Å²) in [5.41, 5.74) is -0.0816. The van der Waals surface area contributed by atoms with Gasteiger partial charge in [-0.05, 0) is 6.92 Å². The van der Waals surface area contributed by atoms with Gasteiger partial charge in [0.25, 0.3) is 0 Å². The summed E-state index contributed by atoms with van der Waals surface area (Å²) in [7, 11) is 0. The molecular weight excluding hydrogens is 128 g/mol. The summed E-state index contributed by atoms with van der Waals surface area (Å²) in [6.07, 6.45) is 0. The third-order valence-corrected chi connectivity index (χ3v) is 1.33. The van der Waals surface area contributed by atoms with Crippen LogP contribution >= 0.6 is 11.6 Å². The van der Waals surface area contributed by atoms with E-state index in [9.17, 15) is 0 Å². The Bertz CT molecular complexity index is 80.5. The molecule has 48 valence electrons. The van der Waals surface area contributed by atoms with Gasteiger partial charge >= 0.3 is 0 Å². The molecule has 1 aliphatic heterocycles. The first-order chi connectivity index (χ1) is 3.77. The van der Waals surface area contributed by atoms with E-state index in [4.69, 9.17) is 21.1 Å². The van der Waals surface area contributed by atoms with Crippen LogP contribution in [0.1, 0.15) is 6.92 Å². The van der Waals surface area contributed by atoms with Gasteiger partial charge in [0, 0.05) is 0 Å². The van der Waals surface area contributed by atoms with Gasteiger partial charge in [-0.2, -0.15) is 0 Å². The minimum absolute atomic E-state index is 0.0816. The smallest absolute Gasteiger partial charge is 0.121 e. The van der Waals surface area contributed by atoms with Crippen LogP contribution in [0.3, 0.4) is 0 Å². The molecule has 1 heterocycles. The van der Waals surface area contributed by atoms with Crippen molar-refractivity contribution in [3.05, 3.63) is 0 Å². The maximum absolute atomic E-state index is 5.32. The zero-order chi connectivity index (χ0) is 6.04. The molecule has 1 saturated heterocycles. The van der Waals surface area contributed by atoms with Gasteiger partial charge < -0.3 is 9.47 Å². The van der Waals surface area contributed by atoms with Gasteiger partial charge in [0.05, 0.1) is 13.2 Å². The molecule has 0 aliphatic carbocycles. The summed E-state index contributed by atoms with van der Waals surface area (Å²) >= 11 is 5.32. The predicted molar refractivity (Wildman–Crippen MR) is 31.0 cm³/mol. The standard InChI is InChI=1S/C5H9ClO2/c1-5(8-4-6)2-7-3-5/h2-4H2,1H3. The Morgan fingerprint density at radius 3 is 2.50 bits per heavy atom. The van der Waals surface area contributed by atoms with Crippen LogP contribution in [0.15, 0.2) is 0 Å². The van der Waals surface area contributed by atoms with E-state index in [-0.39, 0.29) is 11.7 Å². The number of alkyl halides is 1. The predicted octanol–water partition coefficient (Wildman–Crippen LogP) is 0.988. The largest absolute Gasteiger partial charge is 0.375 e. The summed E-state index contributed by atoms with van der Waals surface area (Å²) in [4.78, 5) is 0. The minimum atomic E-state index is -0.0816. The topological polar surface area (TPSA) is 18.5 Å². The lowest BCUT2D eigenvalue weighted by atomic mass is 10.1. The first-order valence-corrected chi connectivity index (χ1v) is 3.08. The average molecular weight is 137 g/mol. The van der Waals surface area contributed by atoms with Gasteiger partial charge in [0.2, 0.25) is 0 Å². The maximum atomic E-state index is 5.32. The van der Waals surface area contributed by atoms with E-state index in [2.05, 4.69) is 0 Å². The second kappa shape index (κ2) is 2.21. The van der Waals surface area contributed by atoms with Crippen LogP contribution in [0, 0.1) is 0 Å². The Labute approximate surface area is 53.7 Å². The molecule has 2 nitrogen and oxygen atoms in total. The van der Waals surface area contributed by atoms with Crippen LogP contribution in [0.25, 0.3) is 0 Å². The SMILES string of the molecule is CC1(OCCl)COC1. The van der Waals surface area contributed by atoms with Crippen LogP contribution in [-0.2, 0) is 9.47 Å². The fourth-order valence-electron chi connectivity index (χ4n) is 0.605. The Balaban J connectivity index is 2.20. The molecule has 0 unspecified atom stereocenters. The lowest BCUT2D eigenvalue weighted by Crippen LogP contribution is -2.48. The van der Waals surface area contributed by atoms with E-state index in [1.54, 1.807) is 0 Å². The molecular formula is C5H9ClO2. The van der Waals surface area contributed by atoms with Crippen molar-refractivity contribution in [1.29, 1.82) is 0 Å². The summed E-state index contributed by atoms with van der Waals surface area (Å²) in [6.45, 7) is 3.35. The Kier molecular flexibility index (Phi) is 1.75. The molecule has 3 heteroatoms. The second-order valence-corrected chi connectivity index (χ2v) is 2.41. The molecule has 1 fully saturated rings. The fraction of sp³-hybridized carbons (Fsp3) is 1.00. The Hall–Kier alpha value is 0.210. The zero-order valence-corrected chi connectivity index (χ0v) is 5.57. The van der Waals surface area contributed by atoms with Crippen molar-refractivity contribution in [3.63, 3.8) is 0 Å². The molecule has 0 amide bonds. The number of halogens is 1. The monoisotopic (exact) mass is 136 g/mol. The molecule has 0 spiro atoms. The van der Waals surface area contributed by atoms with Gasteiger partial charge in [-0.1, -0.05) is 11.6 Å². The summed E-state index contributed by atoms with van der Waals surface area (Å²) in [5, 5.41) is 0. The minimum Gasteiger partial charge on any atom is -0.375 e. The van der Waals surface area contributed by atoms with Crippen LogP contribution < -0.4 is 0 Å². The first-order valence-electron chi connectivity index (χ1n) is 2.54. The van der Waals surface area contributed by atoms with Gasteiger partial charge in [0.15, 0.2) is 0 Å². The molecule has 1 aliphatic rings. The summed E-state index contributed by atoms with van der Waals surface area (Å²) in [5.74, 6) is 0. The van der Waals surface area contributed by atoms with Crippen molar-refractivity contribution < 1.29 is 9.47 Å². The van der Waals surface area contributed by atoms with E-state index in [0.29, 0.717) is 13.2 Å². The summed E-state index contributed by atoms with van der Waals surface area (Å²) in [6, 6.07) is 0.264. The van der Waals surface area contributed by atoms with Crippen molar-refractivity contribution in [2.24, 2.45) is 0 Å². The molecule has 0 bridgehead atoms. The number of rotatable bonds is 2. The highest BCUT2D eigenvalue weighted by atomic mass is 35.5. The van der Waals surface area contributed by atoms with Crippen LogP contribution in [0.4, 0.5) is 0 Å². The lowest BCUT2D eigenvalue weighted by Gasteiger charge is -2.36. The third-order valence-electron chi connectivity index (χ3n) is 1.22. The van der Waals surface area contributed by atoms with Crippen molar-refractivity contribution >= 4 is 11.6 Å². The molecule has 0 atom stereocenters. The van der Waals surface area contributed by atoms with Crippen molar-refractivity contribution in [3.8, 4) is 0 Å². The van der Waals surface area contributed by atoms with Gasteiger partial charge in [0.1, 0.15) is 11.7 Å². The van der Waals surface area contributed by atoms with Crippen LogP contribution in [0.5, 0.6) is 0 Å². The van der Waals surface area contributed by atoms with Gasteiger partial charge in [-0.15, -0.1) is 0 Å². The van der Waals surface area contributed by atoms with Crippen molar-refractivity contribution in [2.75, 3.05) is 19.3 Å². The molecule has 8 heavy (non-hydrogen) atoms. The highest BCUT2D eigenvalue weighted by Crippen LogP contribution is 2.20. The lowest BCUT2D eigenvalue weighted by molar-refractivity contribution is -0.189. The molecule has 0 saturated carbocycles. The zero-order valence-electron chi connectivity index (χ0n) is 4.82. The molecule has 0 radical (unpaired) electrons. The normalized spacial score (nSPS) is 24.8. The average Bonchev–Trinajstić information content (AvgIpc) is 1.64. The number of hydrogen-bond acceptors (Lipinski definition) is 2. The van der Waals surface area contributed by atoms with E-state index < -0.39 is 0 Å². The maximum Gasteiger partial charge on any atom is 0.121 e. The van der Waals surface area contributed by atoms with Crippen LogP contribution in [-0.4, -0.2) is 24.9 Å².